The predicted octanol–water partition coefficient (Wildman–Crippen LogP) is 5.46. The maximum absolute atomic E-state index is 13.8. The number of aryl methyl sites for hydroxylation is 2. The largest absolute Gasteiger partial charge is 0.342 e. The van der Waals surface area contributed by atoms with Gasteiger partial charge in [-0.25, -0.2) is 9.97 Å². The summed E-state index contributed by atoms with van der Waals surface area (Å²) in [4.78, 5) is 30.8. The SMILES string of the molecule is Cc1ccc(-c2cc(C(=O)N3CCCC(c4nc5ccccc5[nH]4)C3)c3c(C)noc3n2)s1. The Balaban J connectivity index is 1.36. The number of nitrogens with one attached hydrogen (secondary N) is 1. The number of imidazole rings is 1. The number of hydrogen-bond donors (Lipinski definition) is 1. The van der Waals surface area contributed by atoms with E-state index in [1.54, 1.807) is 11.3 Å². The molecule has 1 atom stereocenters. The van der Waals surface area contributed by atoms with Gasteiger partial charge in [0.05, 0.1) is 38.2 Å². The number of nitrogens with zero attached hydrogens (tertiary/aromatic N) is 4. The zero-order chi connectivity index (χ0) is 22.5. The van der Waals surface area contributed by atoms with Gasteiger partial charge in [0.25, 0.3) is 11.6 Å². The van der Waals surface area contributed by atoms with Crippen molar-refractivity contribution < 1.29 is 9.32 Å². The van der Waals surface area contributed by atoms with Gasteiger partial charge in [0.1, 0.15) is 5.82 Å². The molecule has 0 saturated carbocycles. The highest BCUT2D eigenvalue weighted by Gasteiger charge is 2.30. The number of amides is 1. The number of rotatable bonds is 3. The molecular formula is C25H23N5O2S. The highest BCUT2D eigenvalue weighted by atomic mass is 32.1. The van der Waals surface area contributed by atoms with Crippen molar-refractivity contribution in [3.63, 3.8) is 0 Å². The number of H-pyrrole nitrogens is 1. The maximum Gasteiger partial charge on any atom is 0.259 e. The lowest BCUT2D eigenvalue weighted by Crippen LogP contribution is -2.39. The number of likely N-dealkylation sites (tertiary alicyclic amines) is 1. The van der Waals surface area contributed by atoms with Crippen molar-refractivity contribution in [2.24, 2.45) is 0 Å². The third-order valence-electron chi connectivity index (χ3n) is 6.34. The van der Waals surface area contributed by atoms with E-state index in [9.17, 15) is 4.79 Å². The summed E-state index contributed by atoms with van der Waals surface area (Å²) in [5, 5.41) is 4.79. The minimum absolute atomic E-state index is 0.0101. The molecule has 7 nitrogen and oxygen atoms in total. The van der Waals surface area contributed by atoms with Crippen molar-refractivity contribution in [2.75, 3.05) is 13.1 Å². The molecular weight excluding hydrogens is 434 g/mol. The lowest BCUT2D eigenvalue weighted by Gasteiger charge is -2.32. The number of benzene rings is 1. The first-order valence-corrected chi connectivity index (χ1v) is 12.0. The molecule has 1 N–H and O–H groups in total. The summed E-state index contributed by atoms with van der Waals surface area (Å²) in [6.45, 7) is 5.26. The summed E-state index contributed by atoms with van der Waals surface area (Å²) >= 11 is 1.65. The minimum Gasteiger partial charge on any atom is -0.342 e. The first-order chi connectivity index (χ1) is 16.1. The van der Waals surface area contributed by atoms with Crippen LogP contribution in [0, 0.1) is 13.8 Å². The Hall–Kier alpha value is -3.52. The van der Waals surface area contributed by atoms with Gasteiger partial charge in [-0.15, -0.1) is 11.3 Å². The number of pyridine rings is 1. The molecule has 1 unspecified atom stereocenters. The third-order valence-corrected chi connectivity index (χ3v) is 7.37. The average Bonchev–Trinajstić information content (AvgIpc) is 3.56. The monoisotopic (exact) mass is 457 g/mol. The number of aromatic amines is 1. The summed E-state index contributed by atoms with van der Waals surface area (Å²) in [6.07, 6.45) is 1.93. The van der Waals surface area contributed by atoms with E-state index in [2.05, 4.69) is 28.1 Å². The molecule has 4 aromatic heterocycles. The second kappa shape index (κ2) is 7.81. The van der Waals surface area contributed by atoms with Crippen molar-refractivity contribution >= 4 is 39.4 Å². The molecule has 0 radical (unpaired) electrons. The van der Waals surface area contributed by atoms with Gasteiger partial charge < -0.3 is 14.4 Å². The Morgan fingerprint density at radius 2 is 2.06 bits per heavy atom. The van der Waals surface area contributed by atoms with Gasteiger partial charge in [0, 0.05) is 23.9 Å². The summed E-state index contributed by atoms with van der Waals surface area (Å²) in [5.41, 5.74) is 4.42. The zero-order valence-electron chi connectivity index (χ0n) is 18.5. The second-order valence-corrected chi connectivity index (χ2v) is 9.93. The number of aromatic nitrogens is 4. The van der Waals surface area contributed by atoms with E-state index >= 15 is 0 Å². The van der Waals surface area contributed by atoms with Crippen LogP contribution in [0.5, 0.6) is 0 Å². The highest BCUT2D eigenvalue weighted by Crippen LogP contribution is 2.33. The lowest BCUT2D eigenvalue weighted by atomic mass is 9.96. The summed E-state index contributed by atoms with van der Waals surface area (Å²) in [7, 11) is 0. The molecule has 1 aromatic carbocycles. The van der Waals surface area contributed by atoms with E-state index < -0.39 is 0 Å². The standard InChI is InChI=1S/C25H23N5O2S/c1-14-9-10-21(33-14)20-12-17(22-15(2)29-32-24(22)28-20)25(31)30-11-5-6-16(13-30)23-26-18-7-3-4-8-19(18)27-23/h3-4,7-10,12,16H,5-6,11,13H2,1-2H3,(H,26,27). The van der Waals surface area contributed by atoms with Crippen LogP contribution in [-0.4, -0.2) is 44.0 Å². The molecule has 5 aromatic rings. The van der Waals surface area contributed by atoms with Crippen LogP contribution in [-0.2, 0) is 0 Å². The van der Waals surface area contributed by atoms with Crippen molar-refractivity contribution in [2.45, 2.75) is 32.6 Å². The molecule has 33 heavy (non-hydrogen) atoms. The Morgan fingerprint density at radius 3 is 2.88 bits per heavy atom. The highest BCUT2D eigenvalue weighted by molar-refractivity contribution is 7.15. The lowest BCUT2D eigenvalue weighted by molar-refractivity contribution is 0.0707. The Labute approximate surface area is 194 Å². The van der Waals surface area contributed by atoms with Crippen molar-refractivity contribution in [3.05, 3.63) is 64.4 Å². The predicted molar refractivity (Wildman–Crippen MR) is 129 cm³/mol. The van der Waals surface area contributed by atoms with E-state index in [4.69, 9.17) is 9.51 Å². The van der Waals surface area contributed by atoms with Crippen LogP contribution in [0.2, 0.25) is 0 Å². The van der Waals surface area contributed by atoms with Gasteiger partial charge in [-0.2, -0.15) is 0 Å². The van der Waals surface area contributed by atoms with Gasteiger partial charge in [0.15, 0.2) is 0 Å². The van der Waals surface area contributed by atoms with Crippen LogP contribution >= 0.6 is 11.3 Å². The van der Waals surface area contributed by atoms with Gasteiger partial charge >= 0.3 is 0 Å². The molecule has 0 spiro atoms. The Morgan fingerprint density at radius 1 is 1.18 bits per heavy atom. The molecule has 1 aliphatic heterocycles. The number of carbonyl (C=O) groups is 1. The normalized spacial score (nSPS) is 16.7. The molecule has 1 saturated heterocycles. The van der Waals surface area contributed by atoms with Crippen molar-refractivity contribution in [1.29, 1.82) is 0 Å². The fraction of sp³-hybridized carbons (Fsp3) is 0.280. The summed E-state index contributed by atoms with van der Waals surface area (Å²) < 4.78 is 5.48. The maximum atomic E-state index is 13.8. The number of thiophene rings is 1. The van der Waals surface area contributed by atoms with Crippen LogP contribution in [0.15, 0.2) is 47.0 Å². The number of fused-ring (bicyclic) bond motifs is 2. The van der Waals surface area contributed by atoms with Gasteiger partial charge in [-0.05, 0) is 57.0 Å². The Bertz CT molecular complexity index is 1460. The van der Waals surface area contributed by atoms with Crippen molar-refractivity contribution in [1.82, 2.24) is 25.0 Å². The zero-order valence-corrected chi connectivity index (χ0v) is 19.3. The number of hydrogen-bond acceptors (Lipinski definition) is 6. The first-order valence-electron chi connectivity index (χ1n) is 11.1. The molecule has 1 aliphatic rings. The minimum atomic E-state index is -0.0101. The van der Waals surface area contributed by atoms with E-state index in [1.165, 1.54) is 4.88 Å². The smallest absolute Gasteiger partial charge is 0.259 e. The van der Waals surface area contributed by atoms with E-state index in [1.807, 2.05) is 48.2 Å². The van der Waals surface area contributed by atoms with E-state index in [0.717, 1.165) is 46.8 Å². The molecule has 8 heteroatoms. The van der Waals surface area contributed by atoms with Crippen molar-refractivity contribution in [3.8, 4) is 10.6 Å². The van der Waals surface area contributed by atoms with E-state index in [0.29, 0.717) is 28.9 Å². The van der Waals surface area contributed by atoms with Gasteiger partial charge in [-0.3, -0.25) is 4.79 Å². The Kier molecular flexibility index (Phi) is 4.76. The van der Waals surface area contributed by atoms with Crippen LogP contribution in [0.25, 0.3) is 32.7 Å². The molecule has 166 valence electrons. The second-order valence-electron chi connectivity index (χ2n) is 8.64. The first kappa shape index (κ1) is 20.1. The van der Waals surface area contributed by atoms with Crippen LogP contribution in [0.3, 0.4) is 0 Å². The van der Waals surface area contributed by atoms with Crippen LogP contribution in [0.1, 0.15) is 45.5 Å². The summed E-state index contributed by atoms with van der Waals surface area (Å²) in [6, 6.07) is 14.0. The fourth-order valence-electron chi connectivity index (χ4n) is 4.68. The summed E-state index contributed by atoms with van der Waals surface area (Å²) in [5.74, 6) is 1.11. The van der Waals surface area contributed by atoms with E-state index in [-0.39, 0.29) is 11.8 Å². The number of para-hydroxylation sites is 2. The molecule has 0 aliphatic carbocycles. The molecule has 5 heterocycles. The van der Waals surface area contributed by atoms with Crippen LogP contribution in [0.4, 0.5) is 0 Å². The van der Waals surface area contributed by atoms with Gasteiger partial charge in [-0.1, -0.05) is 17.3 Å². The van der Waals surface area contributed by atoms with Crippen LogP contribution < -0.4 is 0 Å². The quantitative estimate of drug-likeness (QED) is 0.388. The average molecular weight is 458 g/mol. The van der Waals surface area contributed by atoms with Gasteiger partial charge in [0.2, 0.25) is 0 Å². The molecule has 1 fully saturated rings. The number of piperidine rings is 1. The molecule has 1 amide bonds. The third kappa shape index (κ3) is 3.51. The fourth-order valence-corrected chi connectivity index (χ4v) is 5.51. The molecule has 6 rings (SSSR count). The molecule has 0 bridgehead atoms. The topological polar surface area (TPSA) is 87.9 Å². The number of carbonyl (C=O) groups excluding carboxylic acids is 1.